The van der Waals surface area contributed by atoms with Crippen molar-refractivity contribution in [3.63, 3.8) is 0 Å². The van der Waals surface area contributed by atoms with Gasteiger partial charge in [-0.2, -0.15) is 0 Å². The average molecular weight is 285 g/mol. The quantitative estimate of drug-likeness (QED) is 0.789. The Balaban J connectivity index is 3.04. The number of aliphatic hydroxyl groups excluding tert-OH is 1. The third-order valence-electron chi connectivity index (χ3n) is 3.21. The largest absolute Gasteiger partial charge is 0.399 e. The predicted molar refractivity (Wildman–Crippen MR) is 78.4 cm³/mol. The normalized spacial score (nSPS) is 10.8. The molecule has 5 heteroatoms. The monoisotopic (exact) mass is 284 g/mol. The van der Waals surface area contributed by atoms with Crippen LogP contribution >= 0.6 is 11.6 Å². The molecule has 0 fully saturated rings. The fourth-order valence-corrected chi connectivity index (χ4v) is 2.42. The van der Waals surface area contributed by atoms with Gasteiger partial charge >= 0.3 is 0 Å². The minimum Gasteiger partial charge on any atom is -0.399 e. The summed E-state index contributed by atoms with van der Waals surface area (Å²) in [6.45, 7) is 4.30. The zero-order valence-electron chi connectivity index (χ0n) is 11.4. The van der Waals surface area contributed by atoms with Crippen LogP contribution in [0, 0.1) is 0 Å². The van der Waals surface area contributed by atoms with Crippen molar-refractivity contribution in [2.24, 2.45) is 0 Å². The Bertz CT molecular complexity index is 433. The number of rotatable bonds is 6. The molecule has 1 aromatic carbocycles. The summed E-state index contributed by atoms with van der Waals surface area (Å²) in [5.74, 6) is -0.159. The fraction of sp³-hybridized carbons (Fsp3) is 0.500. The van der Waals surface area contributed by atoms with Gasteiger partial charge in [0.25, 0.3) is 5.91 Å². The van der Waals surface area contributed by atoms with Gasteiger partial charge in [-0.1, -0.05) is 25.4 Å². The van der Waals surface area contributed by atoms with Crippen LogP contribution in [0.5, 0.6) is 0 Å². The van der Waals surface area contributed by atoms with E-state index in [-0.39, 0.29) is 18.6 Å². The number of nitrogen functional groups attached to an aromatic ring is 1. The highest BCUT2D eigenvalue weighted by Crippen LogP contribution is 2.22. The summed E-state index contributed by atoms with van der Waals surface area (Å²) in [5.41, 5.74) is 6.58. The predicted octanol–water partition coefficient (Wildman–Crippen LogP) is 2.55. The Hall–Kier alpha value is -1.26. The van der Waals surface area contributed by atoms with E-state index in [1.807, 2.05) is 13.8 Å². The van der Waals surface area contributed by atoms with Crippen molar-refractivity contribution < 1.29 is 9.90 Å². The van der Waals surface area contributed by atoms with Gasteiger partial charge < -0.3 is 15.7 Å². The van der Waals surface area contributed by atoms with E-state index in [2.05, 4.69) is 0 Å². The lowest BCUT2D eigenvalue weighted by molar-refractivity contribution is 0.0622. The van der Waals surface area contributed by atoms with E-state index in [1.165, 1.54) is 0 Å². The summed E-state index contributed by atoms with van der Waals surface area (Å²) in [5, 5.41) is 9.49. The maximum atomic E-state index is 12.5. The summed E-state index contributed by atoms with van der Waals surface area (Å²) in [6, 6.07) is 4.96. The number of amides is 1. The van der Waals surface area contributed by atoms with Gasteiger partial charge in [-0.15, -0.1) is 0 Å². The van der Waals surface area contributed by atoms with Crippen LogP contribution < -0.4 is 5.73 Å². The number of anilines is 1. The molecule has 0 unspecified atom stereocenters. The molecule has 1 amide bonds. The van der Waals surface area contributed by atoms with Crippen molar-refractivity contribution in [3.05, 3.63) is 28.8 Å². The van der Waals surface area contributed by atoms with Crippen molar-refractivity contribution in [1.82, 2.24) is 4.90 Å². The van der Waals surface area contributed by atoms with Crippen LogP contribution in [0.2, 0.25) is 5.02 Å². The summed E-state index contributed by atoms with van der Waals surface area (Å²) in [6.07, 6.45) is 1.68. The first-order chi connectivity index (χ1) is 9.04. The first-order valence-electron chi connectivity index (χ1n) is 6.51. The standard InChI is InChI=1S/C14H21ClN2O2/c1-3-11(4-2)17(7-8-18)14(19)12-6-5-10(16)9-13(12)15/h5-6,9,11,18H,3-4,7-8,16H2,1-2H3. The molecule has 4 nitrogen and oxygen atoms in total. The van der Waals surface area contributed by atoms with E-state index >= 15 is 0 Å². The molecule has 1 rings (SSSR count). The van der Waals surface area contributed by atoms with Gasteiger partial charge in [0, 0.05) is 18.3 Å². The smallest absolute Gasteiger partial charge is 0.255 e. The Morgan fingerprint density at radius 1 is 1.42 bits per heavy atom. The van der Waals surface area contributed by atoms with Gasteiger partial charge in [-0.05, 0) is 31.0 Å². The lowest BCUT2D eigenvalue weighted by Crippen LogP contribution is -2.41. The van der Waals surface area contributed by atoms with Crippen LogP contribution in [0.4, 0.5) is 5.69 Å². The zero-order chi connectivity index (χ0) is 14.4. The average Bonchev–Trinajstić information content (AvgIpc) is 2.38. The third kappa shape index (κ3) is 3.85. The van der Waals surface area contributed by atoms with Crippen molar-refractivity contribution in [2.45, 2.75) is 32.7 Å². The molecule has 0 atom stereocenters. The number of aliphatic hydroxyl groups is 1. The molecule has 0 aliphatic rings. The number of nitrogens with two attached hydrogens (primary N) is 1. The molecular formula is C14H21ClN2O2. The van der Waals surface area contributed by atoms with Crippen molar-refractivity contribution in [3.8, 4) is 0 Å². The Kier molecular flexibility index (Phi) is 6.12. The maximum absolute atomic E-state index is 12.5. The second-order valence-electron chi connectivity index (χ2n) is 4.43. The number of benzene rings is 1. The molecule has 0 saturated carbocycles. The molecule has 3 N–H and O–H groups in total. The first-order valence-corrected chi connectivity index (χ1v) is 6.89. The molecule has 0 saturated heterocycles. The number of hydrogen-bond donors (Lipinski definition) is 2. The molecule has 106 valence electrons. The topological polar surface area (TPSA) is 66.6 Å². The van der Waals surface area contributed by atoms with E-state index in [4.69, 9.17) is 22.4 Å². The molecule has 0 aliphatic carbocycles. The number of halogens is 1. The van der Waals surface area contributed by atoms with Crippen LogP contribution in [0.25, 0.3) is 0 Å². The van der Waals surface area contributed by atoms with E-state index in [9.17, 15) is 4.79 Å². The van der Waals surface area contributed by atoms with E-state index in [0.717, 1.165) is 12.8 Å². The molecule has 1 aromatic rings. The van der Waals surface area contributed by atoms with Crippen LogP contribution in [0.3, 0.4) is 0 Å². The molecule has 0 aliphatic heterocycles. The number of carbonyl (C=O) groups is 1. The van der Waals surface area contributed by atoms with Crippen LogP contribution in [0.1, 0.15) is 37.0 Å². The molecule has 0 heterocycles. The van der Waals surface area contributed by atoms with Crippen molar-refractivity contribution in [1.29, 1.82) is 0 Å². The van der Waals surface area contributed by atoms with Gasteiger partial charge in [-0.25, -0.2) is 0 Å². The van der Waals surface area contributed by atoms with Crippen LogP contribution in [0.15, 0.2) is 18.2 Å². The Morgan fingerprint density at radius 2 is 2.05 bits per heavy atom. The number of carbonyl (C=O) groups excluding carboxylic acids is 1. The summed E-state index contributed by atoms with van der Waals surface area (Å²) in [4.78, 5) is 14.2. The van der Waals surface area contributed by atoms with Gasteiger partial charge in [0.1, 0.15) is 0 Å². The molecule has 0 radical (unpaired) electrons. The van der Waals surface area contributed by atoms with E-state index in [1.54, 1.807) is 23.1 Å². The summed E-state index contributed by atoms with van der Waals surface area (Å²) < 4.78 is 0. The minimum absolute atomic E-state index is 0.0607. The van der Waals surface area contributed by atoms with Gasteiger partial charge in [0.05, 0.1) is 17.2 Å². The first kappa shape index (κ1) is 15.8. The van der Waals surface area contributed by atoms with Crippen molar-refractivity contribution >= 4 is 23.2 Å². The zero-order valence-corrected chi connectivity index (χ0v) is 12.2. The SMILES string of the molecule is CCC(CC)N(CCO)C(=O)c1ccc(N)cc1Cl. The van der Waals surface area contributed by atoms with Crippen LogP contribution in [-0.4, -0.2) is 35.1 Å². The second kappa shape index (κ2) is 7.36. The lowest BCUT2D eigenvalue weighted by atomic mass is 10.1. The third-order valence-corrected chi connectivity index (χ3v) is 3.52. The van der Waals surface area contributed by atoms with Crippen LogP contribution in [-0.2, 0) is 0 Å². The summed E-state index contributed by atoms with van der Waals surface area (Å²) >= 11 is 6.07. The Morgan fingerprint density at radius 3 is 2.53 bits per heavy atom. The summed E-state index contributed by atoms with van der Waals surface area (Å²) in [7, 11) is 0. The fourth-order valence-electron chi connectivity index (χ4n) is 2.15. The highest BCUT2D eigenvalue weighted by molar-refractivity contribution is 6.34. The second-order valence-corrected chi connectivity index (χ2v) is 4.84. The number of nitrogens with zero attached hydrogens (tertiary/aromatic N) is 1. The van der Waals surface area contributed by atoms with Gasteiger partial charge in [0.15, 0.2) is 0 Å². The molecule has 0 aromatic heterocycles. The molecular weight excluding hydrogens is 264 g/mol. The lowest BCUT2D eigenvalue weighted by Gasteiger charge is -2.30. The van der Waals surface area contributed by atoms with E-state index in [0.29, 0.717) is 22.8 Å². The van der Waals surface area contributed by atoms with E-state index < -0.39 is 0 Å². The molecule has 0 spiro atoms. The molecule has 0 bridgehead atoms. The Labute approximate surface area is 119 Å². The molecule has 19 heavy (non-hydrogen) atoms. The minimum atomic E-state index is -0.159. The highest BCUT2D eigenvalue weighted by atomic mass is 35.5. The van der Waals surface area contributed by atoms with Gasteiger partial charge in [-0.3, -0.25) is 4.79 Å². The maximum Gasteiger partial charge on any atom is 0.255 e. The van der Waals surface area contributed by atoms with Gasteiger partial charge in [0.2, 0.25) is 0 Å². The highest BCUT2D eigenvalue weighted by Gasteiger charge is 2.23. The van der Waals surface area contributed by atoms with Crippen molar-refractivity contribution in [2.75, 3.05) is 18.9 Å². The number of hydrogen-bond acceptors (Lipinski definition) is 3.